The lowest BCUT2D eigenvalue weighted by molar-refractivity contribution is -0.122. The van der Waals surface area contributed by atoms with E-state index in [1.807, 2.05) is 61.5 Å². The van der Waals surface area contributed by atoms with Crippen LogP contribution in [0.5, 0.6) is 0 Å². The Kier molecular flexibility index (Phi) is 8.83. The Bertz CT molecular complexity index is 615. The van der Waals surface area contributed by atoms with Crippen LogP contribution < -0.4 is 11.1 Å². The van der Waals surface area contributed by atoms with Gasteiger partial charge in [-0.1, -0.05) is 54.1 Å². The van der Waals surface area contributed by atoms with Crippen LogP contribution in [0.1, 0.15) is 36.9 Å². The standard InChI is InChI=1S/C19H23ClN2O.ClH/c1-14(21)7-12-19(23)22-18(16-5-3-2-4-6-16)13-15-8-10-17(20)11-9-15;/h2-6,8-11,14,18H,7,12-13,21H2,1H3,(H,22,23);1H. The number of halogens is 2. The van der Waals surface area contributed by atoms with Crippen molar-refractivity contribution in [3.05, 3.63) is 70.7 Å². The second kappa shape index (κ2) is 10.3. The van der Waals surface area contributed by atoms with Gasteiger partial charge >= 0.3 is 0 Å². The van der Waals surface area contributed by atoms with Gasteiger partial charge in [-0.3, -0.25) is 4.79 Å². The van der Waals surface area contributed by atoms with E-state index in [9.17, 15) is 4.79 Å². The minimum absolute atomic E-state index is 0. The summed E-state index contributed by atoms with van der Waals surface area (Å²) in [6.07, 6.45) is 1.86. The van der Waals surface area contributed by atoms with E-state index in [1.165, 1.54) is 0 Å². The molecule has 2 atom stereocenters. The van der Waals surface area contributed by atoms with Gasteiger partial charge in [0.05, 0.1) is 6.04 Å². The Morgan fingerprint density at radius 2 is 1.75 bits per heavy atom. The molecule has 0 radical (unpaired) electrons. The monoisotopic (exact) mass is 366 g/mol. The molecule has 5 heteroatoms. The van der Waals surface area contributed by atoms with Gasteiger partial charge in [0.25, 0.3) is 0 Å². The number of hydrogen-bond acceptors (Lipinski definition) is 2. The summed E-state index contributed by atoms with van der Waals surface area (Å²) < 4.78 is 0. The van der Waals surface area contributed by atoms with E-state index < -0.39 is 0 Å². The molecule has 0 aromatic heterocycles. The molecule has 0 spiro atoms. The van der Waals surface area contributed by atoms with Crippen LogP contribution in [0.3, 0.4) is 0 Å². The van der Waals surface area contributed by atoms with Crippen molar-refractivity contribution in [2.24, 2.45) is 5.73 Å². The third-order valence-corrected chi connectivity index (χ3v) is 3.97. The van der Waals surface area contributed by atoms with Crippen LogP contribution in [0.25, 0.3) is 0 Å². The van der Waals surface area contributed by atoms with Gasteiger partial charge < -0.3 is 11.1 Å². The molecule has 0 saturated carbocycles. The molecule has 3 N–H and O–H groups in total. The van der Waals surface area contributed by atoms with Gasteiger partial charge in [-0.2, -0.15) is 0 Å². The van der Waals surface area contributed by atoms with Crippen LogP contribution in [0.15, 0.2) is 54.6 Å². The summed E-state index contributed by atoms with van der Waals surface area (Å²) in [6, 6.07) is 17.7. The first-order chi connectivity index (χ1) is 11.0. The third kappa shape index (κ3) is 6.91. The number of benzene rings is 2. The van der Waals surface area contributed by atoms with E-state index in [-0.39, 0.29) is 30.4 Å². The molecule has 0 saturated heterocycles. The van der Waals surface area contributed by atoms with Crippen molar-refractivity contribution in [2.75, 3.05) is 0 Å². The predicted molar refractivity (Wildman–Crippen MR) is 103 cm³/mol. The molecule has 0 aliphatic rings. The third-order valence-electron chi connectivity index (χ3n) is 3.72. The molecule has 2 unspecified atom stereocenters. The van der Waals surface area contributed by atoms with Gasteiger partial charge in [-0.15, -0.1) is 12.4 Å². The summed E-state index contributed by atoms with van der Waals surface area (Å²) >= 11 is 5.94. The molecule has 0 heterocycles. The van der Waals surface area contributed by atoms with Crippen molar-refractivity contribution >= 4 is 29.9 Å². The molecule has 0 aliphatic heterocycles. The van der Waals surface area contributed by atoms with E-state index in [0.717, 1.165) is 17.5 Å². The lowest BCUT2D eigenvalue weighted by Crippen LogP contribution is -2.31. The molecule has 130 valence electrons. The van der Waals surface area contributed by atoms with Gasteiger partial charge in [-0.25, -0.2) is 0 Å². The molecule has 2 aromatic carbocycles. The quantitative estimate of drug-likeness (QED) is 0.767. The van der Waals surface area contributed by atoms with Gasteiger partial charge in [-0.05, 0) is 43.0 Å². The molecule has 1 amide bonds. The number of amides is 1. The fraction of sp³-hybridized carbons (Fsp3) is 0.316. The van der Waals surface area contributed by atoms with Crippen molar-refractivity contribution in [1.29, 1.82) is 0 Å². The molecule has 3 nitrogen and oxygen atoms in total. The Morgan fingerprint density at radius 1 is 1.12 bits per heavy atom. The summed E-state index contributed by atoms with van der Waals surface area (Å²) in [6.45, 7) is 1.91. The first-order valence-corrected chi connectivity index (χ1v) is 8.26. The van der Waals surface area contributed by atoms with E-state index in [4.69, 9.17) is 17.3 Å². The minimum Gasteiger partial charge on any atom is -0.349 e. The Balaban J connectivity index is 0.00000288. The fourth-order valence-corrected chi connectivity index (χ4v) is 2.55. The van der Waals surface area contributed by atoms with E-state index in [1.54, 1.807) is 0 Å². The molecule has 2 aromatic rings. The van der Waals surface area contributed by atoms with Crippen molar-refractivity contribution in [2.45, 2.75) is 38.3 Å². The second-order valence-corrected chi connectivity index (χ2v) is 6.31. The molecule has 2 rings (SSSR count). The molecule has 0 bridgehead atoms. The smallest absolute Gasteiger partial charge is 0.220 e. The highest BCUT2D eigenvalue weighted by molar-refractivity contribution is 6.30. The normalized spacial score (nSPS) is 12.8. The Morgan fingerprint density at radius 3 is 2.33 bits per heavy atom. The zero-order valence-electron chi connectivity index (χ0n) is 13.7. The van der Waals surface area contributed by atoms with Crippen molar-refractivity contribution in [3.63, 3.8) is 0 Å². The number of hydrogen-bond donors (Lipinski definition) is 2. The second-order valence-electron chi connectivity index (χ2n) is 5.88. The first kappa shape index (κ1) is 20.5. The molecule has 0 aliphatic carbocycles. The molecular weight excluding hydrogens is 343 g/mol. The SMILES string of the molecule is CC(N)CCC(=O)NC(Cc1ccc(Cl)cc1)c1ccccc1.Cl. The van der Waals surface area contributed by atoms with Crippen LogP contribution in [0.4, 0.5) is 0 Å². The highest BCUT2D eigenvalue weighted by Crippen LogP contribution is 2.20. The summed E-state index contributed by atoms with van der Waals surface area (Å²) in [5.74, 6) is 0.0325. The number of carbonyl (C=O) groups excluding carboxylic acids is 1. The van der Waals surface area contributed by atoms with E-state index >= 15 is 0 Å². The zero-order valence-corrected chi connectivity index (χ0v) is 15.3. The van der Waals surface area contributed by atoms with Crippen LogP contribution in [0.2, 0.25) is 5.02 Å². The highest BCUT2D eigenvalue weighted by Gasteiger charge is 2.15. The maximum Gasteiger partial charge on any atom is 0.220 e. The average Bonchev–Trinajstić information content (AvgIpc) is 2.55. The average molecular weight is 367 g/mol. The number of carbonyl (C=O) groups is 1. The minimum atomic E-state index is -0.0574. The molecule has 24 heavy (non-hydrogen) atoms. The van der Waals surface area contributed by atoms with Crippen LogP contribution in [0, 0.1) is 0 Å². The highest BCUT2D eigenvalue weighted by atomic mass is 35.5. The topological polar surface area (TPSA) is 55.1 Å². The fourth-order valence-electron chi connectivity index (χ4n) is 2.42. The predicted octanol–water partition coefficient (Wildman–Crippen LogP) is 4.29. The summed E-state index contributed by atoms with van der Waals surface area (Å²) in [7, 11) is 0. The van der Waals surface area contributed by atoms with Gasteiger partial charge in [0.15, 0.2) is 0 Å². The maximum absolute atomic E-state index is 12.2. The number of rotatable bonds is 7. The van der Waals surface area contributed by atoms with E-state index in [2.05, 4.69) is 5.32 Å². The summed E-state index contributed by atoms with van der Waals surface area (Å²) in [5.41, 5.74) is 7.96. The Labute approximate surface area is 155 Å². The lowest BCUT2D eigenvalue weighted by Gasteiger charge is -2.20. The molecular formula is C19H24Cl2N2O. The van der Waals surface area contributed by atoms with Crippen molar-refractivity contribution in [3.8, 4) is 0 Å². The van der Waals surface area contributed by atoms with Gasteiger partial charge in [0.1, 0.15) is 0 Å². The van der Waals surface area contributed by atoms with Crippen LogP contribution in [-0.4, -0.2) is 11.9 Å². The van der Waals surface area contributed by atoms with E-state index in [0.29, 0.717) is 17.9 Å². The van der Waals surface area contributed by atoms with Gasteiger partial charge in [0.2, 0.25) is 5.91 Å². The summed E-state index contributed by atoms with van der Waals surface area (Å²) in [4.78, 5) is 12.2. The van der Waals surface area contributed by atoms with Crippen molar-refractivity contribution in [1.82, 2.24) is 5.32 Å². The Hall–Kier alpha value is -1.55. The van der Waals surface area contributed by atoms with Crippen LogP contribution in [-0.2, 0) is 11.2 Å². The largest absolute Gasteiger partial charge is 0.349 e. The first-order valence-electron chi connectivity index (χ1n) is 7.89. The van der Waals surface area contributed by atoms with Gasteiger partial charge in [0, 0.05) is 17.5 Å². The number of nitrogens with two attached hydrogens (primary N) is 1. The maximum atomic E-state index is 12.2. The molecule has 0 fully saturated rings. The van der Waals surface area contributed by atoms with Crippen molar-refractivity contribution < 1.29 is 4.79 Å². The van der Waals surface area contributed by atoms with Crippen LogP contribution >= 0.6 is 24.0 Å². The zero-order chi connectivity index (χ0) is 16.7. The number of nitrogens with one attached hydrogen (secondary N) is 1. The summed E-state index contributed by atoms with van der Waals surface area (Å²) in [5, 5.41) is 3.84. The lowest BCUT2D eigenvalue weighted by atomic mass is 9.98.